The number of amides is 1. The van der Waals surface area contributed by atoms with Gasteiger partial charge in [-0.05, 0) is 45.2 Å². The first-order valence-electron chi connectivity index (χ1n) is 11.5. The number of fused-ring (bicyclic) bond motifs is 3. The van der Waals surface area contributed by atoms with Crippen LogP contribution in [0.2, 0.25) is 0 Å². The van der Waals surface area contributed by atoms with Crippen LogP contribution >= 0.6 is 0 Å². The summed E-state index contributed by atoms with van der Waals surface area (Å²) >= 11 is 0. The van der Waals surface area contributed by atoms with Gasteiger partial charge < -0.3 is 23.7 Å². The molecule has 1 saturated heterocycles. The smallest absolute Gasteiger partial charge is 0.336 e. The molecular weight excluding hydrogens is 436 g/mol. The molecule has 0 saturated carbocycles. The molecule has 34 heavy (non-hydrogen) atoms. The van der Waals surface area contributed by atoms with Crippen molar-refractivity contribution in [2.45, 2.75) is 39.2 Å². The third-order valence-electron chi connectivity index (χ3n) is 6.42. The van der Waals surface area contributed by atoms with Gasteiger partial charge in [-0.2, -0.15) is 0 Å². The second-order valence-electron chi connectivity index (χ2n) is 9.37. The molecule has 9 nitrogen and oxygen atoms in total. The Morgan fingerprint density at radius 1 is 1.15 bits per heavy atom. The van der Waals surface area contributed by atoms with Gasteiger partial charge in [-0.15, -0.1) is 0 Å². The Balaban J connectivity index is 1.34. The number of carbonyl (C=O) groups is 1. The van der Waals surface area contributed by atoms with Gasteiger partial charge in [0.15, 0.2) is 6.61 Å². The van der Waals surface area contributed by atoms with Gasteiger partial charge in [0.1, 0.15) is 22.7 Å². The van der Waals surface area contributed by atoms with Gasteiger partial charge in [0.25, 0.3) is 5.91 Å². The van der Waals surface area contributed by atoms with E-state index in [0.29, 0.717) is 54.6 Å². The molecule has 9 heteroatoms. The highest BCUT2D eigenvalue weighted by Gasteiger charge is 2.31. The lowest BCUT2D eigenvalue weighted by molar-refractivity contribution is -0.133. The Hall–Kier alpha value is -3.62. The summed E-state index contributed by atoms with van der Waals surface area (Å²) in [5.74, 6) is 1.69. The Morgan fingerprint density at radius 2 is 1.88 bits per heavy atom. The Kier molecular flexibility index (Phi) is 5.63. The highest BCUT2D eigenvalue weighted by molar-refractivity contribution is 5.91. The minimum Gasteiger partial charge on any atom is -0.487 e. The zero-order valence-corrected chi connectivity index (χ0v) is 19.7. The van der Waals surface area contributed by atoms with Crippen molar-refractivity contribution in [2.24, 2.45) is 0 Å². The van der Waals surface area contributed by atoms with Crippen LogP contribution in [0, 0.1) is 6.92 Å². The van der Waals surface area contributed by atoms with E-state index in [-0.39, 0.29) is 18.1 Å². The van der Waals surface area contributed by atoms with Crippen LogP contribution in [0.1, 0.15) is 31.4 Å². The molecule has 2 aliphatic rings. The molecule has 1 fully saturated rings. The molecule has 4 heterocycles. The maximum Gasteiger partial charge on any atom is 0.336 e. The normalized spacial score (nSPS) is 17.3. The number of aryl methyl sites for hydroxylation is 2. The lowest BCUT2D eigenvalue weighted by Crippen LogP contribution is -2.50. The average molecular weight is 465 g/mol. The van der Waals surface area contributed by atoms with Crippen molar-refractivity contribution >= 4 is 22.8 Å². The second-order valence-corrected chi connectivity index (χ2v) is 9.37. The lowest BCUT2D eigenvalue weighted by Gasteiger charge is -2.35. The van der Waals surface area contributed by atoms with Crippen molar-refractivity contribution in [3.05, 3.63) is 52.1 Å². The second kappa shape index (κ2) is 8.62. The molecule has 3 aromatic rings. The van der Waals surface area contributed by atoms with Gasteiger partial charge in [-0.3, -0.25) is 4.79 Å². The summed E-state index contributed by atoms with van der Waals surface area (Å²) in [5.41, 5.74) is 1.35. The standard InChI is InChI=1S/C25H28N4O5/c1-16-13-21(31)33-23-17-5-6-25(2,3)34-18(17)14-19(22(16)23)32-15-20(30)28-9-11-29(12-10-28)24-26-7-4-8-27-24/h4,7-8,13-14H,5-6,9-12,15H2,1-3H3. The topological polar surface area (TPSA) is 98.0 Å². The molecule has 0 radical (unpaired) electrons. The summed E-state index contributed by atoms with van der Waals surface area (Å²) in [4.78, 5) is 37.4. The minimum atomic E-state index is -0.412. The van der Waals surface area contributed by atoms with Crippen molar-refractivity contribution < 1.29 is 18.7 Å². The average Bonchev–Trinajstić information content (AvgIpc) is 2.82. The molecule has 2 aliphatic heterocycles. The summed E-state index contributed by atoms with van der Waals surface area (Å²) in [6, 6.07) is 5.05. The molecule has 5 rings (SSSR count). The molecule has 1 aromatic carbocycles. The van der Waals surface area contributed by atoms with E-state index in [0.717, 1.165) is 24.0 Å². The van der Waals surface area contributed by atoms with E-state index in [4.69, 9.17) is 13.9 Å². The molecular formula is C25H28N4O5. The first-order chi connectivity index (χ1) is 16.3. The number of anilines is 1. The Labute approximate surface area is 197 Å². The predicted octanol–water partition coefficient (Wildman–Crippen LogP) is 2.72. The number of hydrogen-bond acceptors (Lipinski definition) is 8. The van der Waals surface area contributed by atoms with E-state index < -0.39 is 5.63 Å². The van der Waals surface area contributed by atoms with Crippen LogP contribution in [-0.2, 0) is 11.2 Å². The van der Waals surface area contributed by atoms with Gasteiger partial charge >= 0.3 is 5.63 Å². The Bertz CT molecular complexity index is 1280. The van der Waals surface area contributed by atoms with Gasteiger partial charge in [0, 0.05) is 56.3 Å². The van der Waals surface area contributed by atoms with Crippen molar-refractivity contribution in [1.29, 1.82) is 0 Å². The number of aromatic nitrogens is 2. The van der Waals surface area contributed by atoms with Crippen LogP contribution in [0.3, 0.4) is 0 Å². The predicted molar refractivity (Wildman–Crippen MR) is 127 cm³/mol. The van der Waals surface area contributed by atoms with Gasteiger partial charge in [-0.1, -0.05) is 0 Å². The third-order valence-corrected chi connectivity index (χ3v) is 6.42. The van der Waals surface area contributed by atoms with Gasteiger partial charge in [0.2, 0.25) is 5.95 Å². The van der Waals surface area contributed by atoms with Crippen molar-refractivity contribution in [3.63, 3.8) is 0 Å². The van der Waals surface area contributed by atoms with Crippen LogP contribution in [0.25, 0.3) is 11.0 Å². The van der Waals surface area contributed by atoms with Crippen molar-refractivity contribution in [1.82, 2.24) is 14.9 Å². The zero-order valence-electron chi connectivity index (χ0n) is 19.7. The largest absolute Gasteiger partial charge is 0.487 e. The number of piperazine rings is 1. The van der Waals surface area contributed by atoms with E-state index in [1.54, 1.807) is 23.4 Å². The number of rotatable bonds is 4. The van der Waals surface area contributed by atoms with E-state index in [2.05, 4.69) is 14.9 Å². The lowest BCUT2D eigenvalue weighted by atomic mass is 9.92. The summed E-state index contributed by atoms with van der Waals surface area (Å²) in [7, 11) is 0. The van der Waals surface area contributed by atoms with Crippen LogP contribution in [0.15, 0.2) is 39.8 Å². The van der Waals surface area contributed by atoms with Gasteiger partial charge in [0.05, 0.1) is 5.39 Å². The highest BCUT2D eigenvalue weighted by atomic mass is 16.5. The molecule has 178 valence electrons. The van der Waals surface area contributed by atoms with E-state index in [1.165, 1.54) is 6.07 Å². The van der Waals surface area contributed by atoms with Crippen molar-refractivity contribution in [2.75, 3.05) is 37.7 Å². The quantitative estimate of drug-likeness (QED) is 0.544. The number of carbonyl (C=O) groups excluding carboxylic acids is 1. The number of benzene rings is 1. The summed E-state index contributed by atoms with van der Waals surface area (Å²) in [5, 5.41) is 0.709. The molecule has 0 unspecified atom stereocenters. The first kappa shape index (κ1) is 22.2. The van der Waals surface area contributed by atoms with E-state index in [1.807, 2.05) is 26.8 Å². The maximum absolute atomic E-state index is 12.9. The fraction of sp³-hybridized carbons (Fsp3) is 0.440. The van der Waals surface area contributed by atoms with E-state index >= 15 is 0 Å². The van der Waals surface area contributed by atoms with E-state index in [9.17, 15) is 9.59 Å². The molecule has 0 bridgehead atoms. The molecule has 0 aliphatic carbocycles. The molecule has 2 aromatic heterocycles. The molecule has 0 N–H and O–H groups in total. The molecule has 0 atom stereocenters. The Morgan fingerprint density at radius 3 is 2.62 bits per heavy atom. The summed E-state index contributed by atoms with van der Waals surface area (Å²) in [6.07, 6.45) is 4.97. The van der Waals surface area contributed by atoms with Crippen LogP contribution in [0.4, 0.5) is 5.95 Å². The fourth-order valence-electron chi connectivity index (χ4n) is 4.58. The maximum atomic E-state index is 12.9. The van der Waals surface area contributed by atoms with Crippen LogP contribution < -0.4 is 20.0 Å². The highest BCUT2D eigenvalue weighted by Crippen LogP contribution is 2.42. The van der Waals surface area contributed by atoms with Crippen molar-refractivity contribution in [3.8, 4) is 11.5 Å². The van der Waals surface area contributed by atoms with Crippen LogP contribution in [0.5, 0.6) is 11.5 Å². The number of ether oxygens (including phenoxy) is 2. The van der Waals surface area contributed by atoms with Gasteiger partial charge in [-0.25, -0.2) is 14.8 Å². The summed E-state index contributed by atoms with van der Waals surface area (Å²) in [6.45, 7) is 8.23. The number of nitrogens with zero attached hydrogens (tertiary/aromatic N) is 4. The van der Waals surface area contributed by atoms with Crippen LogP contribution in [-0.4, -0.2) is 59.2 Å². The molecule has 1 amide bonds. The third kappa shape index (κ3) is 4.30. The minimum absolute atomic E-state index is 0.101. The number of hydrogen-bond donors (Lipinski definition) is 0. The summed E-state index contributed by atoms with van der Waals surface area (Å²) < 4.78 is 17.8. The SMILES string of the molecule is Cc1cc(=O)oc2c3c(cc(OCC(=O)N4CCN(c5ncccn5)CC4)c12)OC(C)(C)CC3. The zero-order chi connectivity index (χ0) is 23.9. The monoisotopic (exact) mass is 464 g/mol. The fourth-order valence-corrected chi connectivity index (χ4v) is 4.58. The molecule has 0 spiro atoms. The first-order valence-corrected chi connectivity index (χ1v) is 11.5.